The Morgan fingerprint density at radius 2 is 2.32 bits per heavy atom. The minimum absolute atomic E-state index is 0.162. The summed E-state index contributed by atoms with van der Waals surface area (Å²) in [5.74, 6) is 1.21. The maximum absolute atomic E-state index is 11.3. The fourth-order valence-electron chi connectivity index (χ4n) is 2.35. The first-order valence-electron chi connectivity index (χ1n) is 7.03. The van der Waals surface area contributed by atoms with Gasteiger partial charge in [0.15, 0.2) is 0 Å². The van der Waals surface area contributed by atoms with Gasteiger partial charge in [0.25, 0.3) is 0 Å². The topological polar surface area (TPSA) is 65.8 Å². The summed E-state index contributed by atoms with van der Waals surface area (Å²) in [6, 6.07) is 4.27. The average molecular weight is 259 g/mol. The quantitative estimate of drug-likeness (QED) is 0.584. The van der Waals surface area contributed by atoms with Crippen molar-refractivity contribution in [2.45, 2.75) is 44.9 Å². The molecule has 2 N–H and O–H groups in total. The Labute approximate surface area is 114 Å². The van der Waals surface area contributed by atoms with E-state index in [-0.39, 0.29) is 12.2 Å². The van der Waals surface area contributed by atoms with E-state index >= 15 is 0 Å². The summed E-state index contributed by atoms with van der Waals surface area (Å²) in [5.41, 5.74) is 2.42. The van der Waals surface area contributed by atoms with Crippen LogP contribution in [-0.4, -0.2) is 23.5 Å². The number of anilines is 1. The fourth-order valence-corrected chi connectivity index (χ4v) is 2.35. The minimum atomic E-state index is 0.162. The molecule has 0 fully saturated rings. The van der Waals surface area contributed by atoms with Crippen LogP contribution in [0.1, 0.15) is 43.4 Å². The number of Topliss-reactive ketones (excluding diaryl/α,β-unsaturated/α-hetero) is 1. The fraction of sp³-hybridized carbons (Fsp3) is 0.533. The summed E-state index contributed by atoms with van der Waals surface area (Å²) >= 11 is 0. The van der Waals surface area contributed by atoms with Gasteiger partial charge in [-0.3, -0.25) is 4.79 Å². The highest BCUT2D eigenvalue weighted by atomic mass is 16.1. The van der Waals surface area contributed by atoms with E-state index in [9.17, 15) is 4.79 Å². The maximum atomic E-state index is 11.3. The van der Waals surface area contributed by atoms with Gasteiger partial charge in [-0.05, 0) is 43.7 Å². The third-order valence-electron chi connectivity index (χ3n) is 3.42. The van der Waals surface area contributed by atoms with Crippen molar-refractivity contribution in [2.24, 2.45) is 0 Å². The molecule has 0 radical (unpaired) electrons. The molecule has 0 amide bonds. The van der Waals surface area contributed by atoms with Gasteiger partial charge in [0, 0.05) is 31.3 Å². The predicted octanol–water partition coefficient (Wildman–Crippen LogP) is 2.76. The largest absolute Gasteiger partial charge is 0.370 e. The van der Waals surface area contributed by atoms with Crippen molar-refractivity contribution in [3.63, 3.8) is 0 Å². The highest BCUT2D eigenvalue weighted by Crippen LogP contribution is 2.20. The number of carbonyl (C=O) groups is 1. The molecule has 4 heteroatoms. The highest BCUT2D eigenvalue weighted by Gasteiger charge is 2.10. The summed E-state index contributed by atoms with van der Waals surface area (Å²) < 4.78 is 0. The van der Waals surface area contributed by atoms with Crippen molar-refractivity contribution in [2.75, 3.05) is 11.9 Å². The van der Waals surface area contributed by atoms with Crippen LogP contribution in [0.2, 0.25) is 0 Å². The molecular formula is C15H21N3O. The van der Waals surface area contributed by atoms with Crippen LogP contribution in [0.25, 0.3) is 0 Å². The molecule has 1 aliphatic rings. The van der Waals surface area contributed by atoms with Gasteiger partial charge in [-0.2, -0.15) is 0 Å². The Morgan fingerprint density at radius 1 is 1.42 bits per heavy atom. The Balaban J connectivity index is 1.77. The summed E-state index contributed by atoms with van der Waals surface area (Å²) in [5, 5.41) is 10.2. The van der Waals surface area contributed by atoms with E-state index in [1.807, 2.05) is 0 Å². The monoisotopic (exact) mass is 259 g/mol. The zero-order valence-electron chi connectivity index (χ0n) is 11.2. The Morgan fingerprint density at radius 3 is 3.16 bits per heavy atom. The lowest BCUT2D eigenvalue weighted by Gasteiger charge is -2.17. The first-order valence-corrected chi connectivity index (χ1v) is 7.03. The number of unbranched alkanes of at least 4 members (excludes halogenated alkanes) is 1. The molecule has 2 rings (SSSR count). The van der Waals surface area contributed by atoms with Crippen LogP contribution < -0.4 is 5.32 Å². The predicted molar refractivity (Wildman–Crippen MR) is 77.0 cm³/mol. The van der Waals surface area contributed by atoms with Crippen LogP contribution in [0.5, 0.6) is 0 Å². The first kappa shape index (κ1) is 13.7. The molecular weight excluding hydrogens is 238 g/mol. The number of ketones is 1. The Bertz CT molecular complexity index is 457. The summed E-state index contributed by atoms with van der Waals surface area (Å²) in [4.78, 5) is 15.9. The van der Waals surface area contributed by atoms with E-state index in [0.29, 0.717) is 6.42 Å². The van der Waals surface area contributed by atoms with Crippen LogP contribution >= 0.6 is 0 Å². The van der Waals surface area contributed by atoms with E-state index in [2.05, 4.69) is 22.4 Å². The minimum Gasteiger partial charge on any atom is -0.370 e. The molecule has 2 heterocycles. The average Bonchev–Trinajstić information content (AvgIpc) is 2.44. The summed E-state index contributed by atoms with van der Waals surface area (Å²) in [6.07, 6.45) is 7.14. The van der Waals surface area contributed by atoms with Gasteiger partial charge in [0.2, 0.25) is 0 Å². The van der Waals surface area contributed by atoms with E-state index in [1.165, 1.54) is 18.2 Å². The number of fused-ring (bicyclic) bond motifs is 1. The molecule has 0 spiro atoms. The lowest BCUT2D eigenvalue weighted by Crippen LogP contribution is -2.14. The van der Waals surface area contributed by atoms with Crippen molar-refractivity contribution >= 4 is 17.8 Å². The molecule has 0 atom stereocenters. The number of nitrogens with one attached hydrogen (secondary N) is 2. The molecule has 4 nitrogen and oxygen atoms in total. The SMILES string of the molecule is N=CCC(=O)CCCCc1ccc2c(n1)NCCC2. The van der Waals surface area contributed by atoms with Crippen molar-refractivity contribution in [3.05, 3.63) is 23.4 Å². The van der Waals surface area contributed by atoms with Gasteiger partial charge < -0.3 is 10.7 Å². The van der Waals surface area contributed by atoms with E-state index in [0.717, 1.165) is 43.7 Å². The molecule has 0 aliphatic carbocycles. The second-order valence-corrected chi connectivity index (χ2v) is 4.99. The molecule has 0 aromatic carbocycles. The molecule has 1 aromatic rings. The van der Waals surface area contributed by atoms with Gasteiger partial charge in [-0.25, -0.2) is 4.98 Å². The van der Waals surface area contributed by atoms with Gasteiger partial charge in [0.05, 0.1) is 0 Å². The van der Waals surface area contributed by atoms with Crippen LogP contribution in [0.4, 0.5) is 5.82 Å². The molecule has 102 valence electrons. The van der Waals surface area contributed by atoms with Gasteiger partial charge >= 0.3 is 0 Å². The second-order valence-electron chi connectivity index (χ2n) is 4.99. The number of nitrogens with zero attached hydrogens (tertiary/aromatic N) is 1. The molecule has 0 unspecified atom stereocenters. The number of aromatic nitrogens is 1. The molecule has 0 saturated carbocycles. The number of carbonyl (C=O) groups excluding carboxylic acids is 1. The maximum Gasteiger partial charge on any atom is 0.138 e. The van der Waals surface area contributed by atoms with Gasteiger partial charge in [-0.1, -0.05) is 6.07 Å². The third kappa shape index (κ3) is 4.16. The normalized spacial score (nSPS) is 13.5. The number of pyridine rings is 1. The van der Waals surface area contributed by atoms with Crippen molar-refractivity contribution < 1.29 is 4.79 Å². The number of aryl methyl sites for hydroxylation is 2. The Kier molecular flexibility index (Phi) is 5.07. The molecule has 0 saturated heterocycles. The second kappa shape index (κ2) is 7.02. The molecule has 19 heavy (non-hydrogen) atoms. The zero-order valence-corrected chi connectivity index (χ0v) is 11.2. The summed E-state index contributed by atoms with van der Waals surface area (Å²) in [7, 11) is 0. The zero-order chi connectivity index (χ0) is 13.5. The Hall–Kier alpha value is -1.71. The molecule has 1 aromatic heterocycles. The van der Waals surface area contributed by atoms with Crippen LogP contribution in [0.3, 0.4) is 0 Å². The highest BCUT2D eigenvalue weighted by molar-refractivity contribution is 5.90. The standard InChI is InChI=1S/C15H21N3O/c16-10-9-14(19)6-2-1-5-13-8-7-12-4-3-11-17-15(12)18-13/h7-8,10,16H,1-6,9,11H2,(H,17,18). The van der Waals surface area contributed by atoms with E-state index < -0.39 is 0 Å². The van der Waals surface area contributed by atoms with Crippen molar-refractivity contribution in [1.82, 2.24) is 4.98 Å². The lowest BCUT2D eigenvalue weighted by atomic mass is 10.0. The van der Waals surface area contributed by atoms with Gasteiger partial charge in [0.1, 0.15) is 11.6 Å². The van der Waals surface area contributed by atoms with Crippen LogP contribution in [0, 0.1) is 5.41 Å². The molecule has 1 aliphatic heterocycles. The molecule has 0 bridgehead atoms. The van der Waals surface area contributed by atoms with Gasteiger partial charge in [-0.15, -0.1) is 0 Å². The van der Waals surface area contributed by atoms with Crippen molar-refractivity contribution in [3.8, 4) is 0 Å². The van der Waals surface area contributed by atoms with E-state index in [1.54, 1.807) is 0 Å². The van der Waals surface area contributed by atoms with Crippen molar-refractivity contribution in [1.29, 1.82) is 5.41 Å². The lowest BCUT2D eigenvalue weighted by molar-refractivity contribution is -0.117. The number of hydrogen-bond donors (Lipinski definition) is 2. The van der Waals surface area contributed by atoms with Crippen LogP contribution in [0.15, 0.2) is 12.1 Å². The van der Waals surface area contributed by atoms with E-state index in [4.69, 9.17) is 5.41 Å². The number of hydrogen-bond acceptors (Lipinski definition) is 4. The summed E-state index contributed by atoms with van der Waals surface area (Å²) in [6.45, 7) is 1.02. The smallest absolute Gasteiger partial charge is 0.138 e. The number of rotatable bonds is 7. The van der Waals surface area contributed by atoms with Crippen LogP contribution in [-0.2, 0) is 17.6 Å². The first-order chi connectivity index (χ1) is 9.29. The third-order valence-corrected chi connectivity index (χ3v) is 3.42.